The van der Waals surface area contributed by atoms with Crippen LogP contribution in [0.5, 0.6) is 0 Å². The number of carbonyl (C=O) groups excluding carboxylic acids is 1. The lowest BCUT2D eigenvalue weighted by molar-refractivity contribution is 0.0398. The molecule has 1 aromatic carbocycles. The molecule has 26 heavy (non-hydrogen) atoms. The first kappa shape index (κ1) is 18.3. The lowest BCUT2D eigenvalue weighted by Gasteiger charge is -2.26. The van der Waals surface area contributed by atoms with Crippen molar-refractivity contribution in [1.82, 2.24) is 14.9 Å². The van der Waals surface area contributed by atoms with Crippen LogP contribution in [0.15, 0.2) is 30.5 Å². The lowest BCUT2D eigenvalue weighted by Crippen LogP contribution is -2.39. The number of amides is 1. The van der Waals surface area contributed by atoms with E-state index in [0.717, 1.165) is 50.6 Å². The number of nitrogens with zero attached hydrogens (tertiary/aromatic N) is 3. The van der Waals surface area contributed by atoms with Crippen LogP contribution >= 0.6 is 0 Å². The molecule has 138 valence electrons. The van der Waals surface area contributed by atoms with Gasteiger partial charge in [-0.15, -0.1) is 0 Å². The summed E-state index contributed by atoms with van der Waals surface area (Å²) in [5.41, 5.74) is 3.43. The molecule has 0 atom stereocenters. The third kappa shape index (κ3) is 5.00. The van der Waals surface area contributed by atoms with Gasteiger partial charge < -0.3 is 15.4 Å². The molecule has 0 unspecified atom stereocenters. The van der Waals surface area contributed by atoms with Crippen molar-refractivity contribution in [1.29, 1.82) is 0 Å². The summed E-state index contributed by atoms with van der Waals surface area (Å²) in [6, 6.07) is 7.45. The molecule has 1 aliphatic rings. The summed E-state index contributed by atoms with van der Waals surface area (Å²) in [6.07, 6.45) is 1.60. The molecule has 7 heteroatoms. The minimum absolute atomic E-state index is 0.244. The van der Waals surface area contributed by atoms with Crippen molar-refractivity contribution in [2.75, 3.05) is 50.0 Å². The number of anilines is 2. The second-order valence-corrected chi connectivity index (χ2v) is 6.40. The zero-order valence-corrected chi connectivity index (χ0v) is 15.3. The van der Waals surface area contributed by atoms with Crippen molar-refractivity contribution in [2.24, 2.45) is 0 Å². The fourth-order valence-electron chi connectivity index (χ4n) is 2.74. The van der Waals surface area contributed by atoms with Crippen LogP contribution in [0, 0.1) is 13.8 Å². The van der Waals surface area contributed by atoms with E-state index in [4.69, 9.17) is 4.74 Å². The molecular formula is C19H25N5O2. The maximum absolute atomic E-state index is 12.4. The Morgan fingerprint density at radius 2 is 2.00 bits per heavy atom. The molecule has 0 bridgehead atoms. The number of aromatic nitrogens is 2. The molecule has 2 N–H and O–H groups in total. The average Bonchev–Trinajstić information content (AvgIpc) is 2.66. The van der Waals surface area contributed by atoms with Crippen molar-refractivity contribution < 1.29 is 9.53 Å². The highest BCUT2D eigenvalue weighted by Gasteiger charge is 2.11. The Hall–Kier alpha value is -2.51. The van der Waals surface area contributed by atoms with E-state index in [2.05, 4.69) is 25.5 Å². The smallest absolute Gasteiger partial charge is 0.274 e. The van der Waals surface area contributed by atoms with Gasteiger partial charge in [0.2, 0.25) is 5.95 Å². The number of benzene rings is 1. The van der Waals surface area contributed by atoms with Gasteiger partial charge in [-0.3, -0.25) is 9.69 Å². The van der Waals surface area contributed by atoms with E-state index in [-0.39, 0.29) is 5.91 Å². The maximum Gasteiger partial charge on any atom is 0.274 e. The molecule has 0 spiro atoms. The largest absolute Gasteiger partial charge is 0.379 e. The van der Waals surface area contributed by atoms with Crippen molar-refractivity contribution in [3.8, 4) is 0 Å². The van der Waals surface area contributed by atoms with Crippen molar-refractivity contribution >= 4 is 17.5 Å². The van der Waals surface area contributed by atoms with Gasteiger partial charge in [0.25, 0.3) is 5.91 Å². The van der Waals surface area contributed by atoms with Gasteiger partial charge in [-0.25, -0.2) is 9.97 Å². The Labute approximate surface area is 153 Å². The Morgan fingerprint density at radius 1 is 1.19 bits per heavy atom. The molecule has 1 fully saturated rings. The van der Waals surface area contributed by atoms with Crippen LogP contribution in [0.3, 0.4) is 0 Å². The fraction of sp³-hybridized carbons (Fsp3) is 0.421. The van der Waals surface area contributed by atoms with E-state index in [0.29, 0.717) is 11.6 Å². The van der Waals surface area contributed by atoms with Crippen LogP contribution in [0.2, 0.25) is 0 Å². The molecule has 0 radical (unpaired) electrons. The summed E-state index contributed by atoms with van der Waals surface area (Å²) in [5, 5.41) is 6.07. The van der Waals surface area contributed by atoms with Crippen LogP contribution in [0.4, 0.5) is 11.6 Å². The van der Waals surface area contributed by atoms with Gasteiger partial charge in [-0.2, -0.15) is 0 Å². The van der Waals surface area contributed by atoms with E-state index < -0.39 is 0 Å². The molecule has 3 rings (SSSR count). The maximum atomic E-state index is 12.4. The molecule has 1 saturated heterocycles. The molecule has 1 amide bonds. The van der Waals surface area contributed by atoms with Gasteiger partial charge in [0.1, 0.15) is 5.69 Å². The van der Waals surface area contributed by atoms with Gasteiger partial charge in [-0.05, 0) is 43.2 Å². The first-order valence-corrected chi connectivity index (χ1v) is 8.87. The minimum Gasteiger partial charge on any atom is -0.379 e. The highest BCUT2D eigenvalue weighted by Crippen LogP contribution is 2.15. The van der Waals surface area contributed by atoms with Crippen LogP contribution in [-0.2, 0) is 4.74 Å². The fourth-order valence-corrected chi connectivity index (χ4v) is 2.74. The van der Waals surface area contributed by atoms with Gasteiger partial charge in [0.15, 0.2) is 0 Å². The van der Waals surface area contributed by atoms with Crippen molar-refractivity contribution in [3.63, 3.8) is 0 Å². The summed E-state index contributed by atoms with van der Waals surface area (Å²) in [7, 11) is 0. The summed E-state index contributed by atoms with van der Waals surface area (Å²) in [6.45, 7) is 9.14. The average molecular weight is 355 g/mol. The molecule has 7 nitrogen and oxygen atoms in total. The van der Waals surface area contributed by atoms with Gasteiger partial charge in [0, 0.05) is 38.1 Å². The van der Waals surface area contributed by atoms with Gasteiger partial charge in [0.05, 0.1) is 13.2 Å². The van der Waals surface area contributed by atoms with E-state index in [1.165, 1.54) is 5.56 Å². The van der Waals surface area contributed by atoms with E-state index in [1.54, 1.807) is 12.3 Å². The predicted molar refractivity (Wildman–Crippen MR) is 102 cm³/mol. The summed E-state index contributed by atoms with van der Waals surface area (Å²) in [5.74, 6) is 0.220. The van der Waals surface area contributed by atoms with Crippen molar-refractivity contribution in [3.05, 3.63) is 47.3 Å². The Kier molecular flexibility index (Phi) is 6.14. The number of ether oxygens (including phenoxy) is 1. The number of carbonyl (C=O) groups is 1. The molecule has 0 saturated carbocycles. The zero-order chi connectivity index (χ0) is 18.4. The molecule has 2 heterocycles. The van der Waals surface area contributed by atoms with Crippen LogP contribution in [0.1, 0.15) is 21.6 Å². The second-order valence-electron chi connectivity index (χ2n) is 6.40. The highest BCUT2D eigenvalue weighted by molar-refractivity contribution is 6.03. The molecule has 1 aromatic heterocycles. The first-order valence-electron chi connectivity index (χ1n) is 8.87. The van der Waals surface area contributed by atoms with Crippen molar-refractivity contribution in [2.45, 2.75) is 13.8 Å². The Balaban J connectivity index is 1.55. The zero-order valence-electron chi connectivity index (χ0n) is 15.3. The lowest BCUT2D eigenvalue weighted by atomic mass is 10.1. The molecule has 2 aromatic rings. The third-order valence-electron chi connectivity index (χ3n) is 4.47. The molecular weight excluding hydrogens is 330 g/mol. The summed E-state index contributed by atoms with van der Waals surface area (Å²) in [4.78, 5) is 23.3. The van der Waals surface area contributed by atoms with E-state index in [1.807, 2.05) is 32.0 Å². The summed E-state index contributed by atoms with van der Waals surface area (Å²) >= 11 is 0. The second kappa shape index (κ2) is 8.73. The SMILES string of the molecule is Cc1ccc(NC(=O)c2ccnc(NCCN3CCOCC3)n2)cc1C. The van der Waals surface area contributed by atoms with E-state index in [9.17, 15) is 4.79 Å². The Bertz CT molecular complexity index is 759. The topological polar surface area (TPSA) is 79.4 Å². The molecule has 1 aliphatic heterocycles. The van der Waals surface area contributed by atoms with Crippen LogP contribution in [0.25, 0.3) is 0 Å². The Morgan fingerprint density at radius 3 is 2.77 bits per heavy atom. The first-order chi connectivity index (χ1) is 12.6. The quantitative estimate of drug-likeness (QED) is 0.826. The number of nitrogens with one attached hydrogen (secondary N) is 2. The summed E-state index contributed by atoms with van der Waals surface area (Å²) < 4.78 is 5.34. The number of hydrogen-bond donors (Lipinski definition) is 2. The molecule has 0 aliphatic carbocycles. The normalized spacial score (nSPS) is 14.8. The highest BCUT2D eigenvalue weighted by atomic mass is 16.5. The number of aryl methyl sites for hydroxylation is 2. The number of rotatable bonds is 6. The monoisotopic (exact) mass is 355 g/mol. The van der Waals surface area contributed by atoms with Crippen LogP contribution < -0.4 is 10.6 Å². The van der Waals surface area contributed by atoms with Crippen LogP contribution in [-0.4, -0.2) is 60.2 Å². The van der Waals surface area contributed by atoms with E-state index >= 15 is 0 Å². The standard InChI is InChI=1S/C19H25N5O2/c1-14-3-4-16(13-15(14)2)22-18(25)17-5-6-20-19(23-17)21-7-8-24-9-11-26-12-10-24/h3-6,13H,7-12H2,1-2H3,(H,22,25)(H,20,21,23). The minimum atomic E-state index is -0.244. The number of morpholine rings is 1. The predicted octanol–water partition coefficient (Wildman–Crippen LogP) is 2.09. The van der Waals surface area contributed by atoms with Gasteiger partial charge >= 0.3 is 0 Å². The number of hydrogen-bond acceptors (Lipinski definition) is 6. The van der Waals surface area contributed by atoms with Gasteiger partial charge in [-0.1, -0.05) is 6.07 Å². The third-order valence-corrected chi connectivity index (χ3v) is 4.47.